The molecule has 0 atom stereocenters. The minimum atomic E-state index is -0.351. The number of aryl methyl sites for hydroxylation is 2. The summed E-state index contributed by atoms with van der Waals surface area (Å²) in [6.07, 6.45) is 0.310. The Labute approximate surface area is 188 Å². The molecule has 0 saturated heterocycles. The fourth-order valence-corrected chi connectivity index (χ4v) is 4.40. The van der Waals surface area contributed by atoms with Crippen LogP contribution in [0.25, 0.3) is 10.2 Å². The molecule has 0 N–H and O–H groups in total. The normalized spacial score (nSPS) is 11.0. The number of hydrogen-bond acceptors (Lipinski definition) is 4. The van der Waals surface area contributed by atoms with Crippen molar-refractivity contribution in [1.29, 1.82) is 0 Å². The Morgan fingerprint density at radius 1 is 1.10 bits per heavy atom. The van der Waals surface area contributed by atoms with Crippen molar-refractivity contribution < 1.29 is 9.18 Å². The van der Waals surface area contributed by atoms with Gasteiger partial charge >= 0.3 is 0 Å². The lowest BCUT2D eigenvalue weighted by atomic mass is 10.0. The van der Waals surface area contributed by atoms with Crippen molar-refractivity contribution in [2.75, 3.05) is 31.1 Å². The first-order valence-electron chi connectivity index (χ1n) is 10.1. The van der Waals surface area contributed by atoms with Crippen LogP contribution in [0, 0.1) is 19.7 Å². The third-order valence-electron chi connectivity index (χ3n) is 5.27. The SMILES string of the molecule is CCN(CC)CCN(C(=O)Cc1cc(C)ccc1C)c1nc2c(F)cccc2s1.Cl. The molecule has 162 valence electrons. The maximum atomic E-state index is 14.2. The molecular weight excluding hydrogens is 421 g/mol. The van der Waals surface area contributed by atoms with Crippen LogP contribution in [0.4, 0.5) is 9.52 Å². The first-order valence-corrected chi connectivity index (χ1v) is 10.9. The number of carbonyl (C=O) groups is 1. The molecule has 1 aromatic heterocycles. The van der Waals surface area contributed by atoms with Crippen LogP contribution in [-0.4, -0.2) is 42.0 Å². The molecule has 0 unspecified atom stereocenters. The summed E-state index contributed by atoms with van der Waals surface area (Å²) in [7, 11) is 0. The molecule has 0 spiro atoms. The zero-order chi connectivity index (χ0) is 21.0. The third kappa shape index (κ3) is 5.56. The summed E-state index contributed by atoms with van der Waals surface area (Å²) in [5, 5.41) is 0.563. The van der Waals surface area contributed by atoms with Gasteiger partial charge in [0, 0.05) is 13.1 Å². The summed E-state index contributed by atoms with van der Waals surface area (Å²) in [6, 6.07) is 11.1. The molecule has 3 rings (SSSR count). The lowest BCUT2D eigenvalue weighted by molar-refractivity contribution is -0.118. The van der Waals surface area contributed by atoms with Crippen molar-refractivity contribution in [3.63, 3.8) is 0 Å². The van der Waals surface area contributed by atoms with Gasteiger partial charge in [0.1, 0.15) is 11.3 Å². The predicted molar refractivity (Wildman–Crippen MR) is 127 cm³/mol. The van der Waals surface area contributed by atoms with Gasteiger partial charge in [-0.25, -0.2) is 9.37 Å². The van der Waals surface area contributed by atoms with Gasteiger partial charge < -0.3 is 4.90 Å². The highest BCUT2D eigenvalue weighted by Crippen LogP contribution is 2.30. The average molecular weight is 450 g/mol. The van der Waals surface area contributed by atoms with E-state index in [4.69, 9.17) is 0 Å². The van der Waals surface area contributed by atoms with E-state index in [-0.39, 0.29) is 24.1 Å². The molecule has 0 aliphatic rings. The van der Waals surface area contributed by atoms with Crippen molar-refractivity contribution in [2.24, 2.45) is 0 Å². The molecule has 0 aliphatic heterocycles. The standard InChI is InChI=1S/C23H28FN3OS.ClH/c1-5-26(6-2)12-13-27(21(28)15-18-14-16(3)10-11-17(18)4)23-25-22-19(24)8-7-9-20(22)29-23;/h7-11,14H,5-6,12-13,15H2,1-4H3;1H. The first kappa shape index (κ1) is 24.3. The molecule has 0 aliphatic carbocycles. The third-order valence-corrected chi connectivity index (χ3v) is 6.31. The monoisotopic (exact) mass is 449 g/mol. The van der Waals surface area contributed by atoms with E-state index in [1.54, 1.807) is 11.0 Å². The van der Waals surface area contributed by atoms with Crippen molar-refractivity contribution >= 4 is 45.0 Å². The van der Waals surface area contributed by atoms with Crippen molar-refractivity contribution in [3.8, 4) is 0 Å². The minimum absolute atomic E-state index is 0. The Balaban J connectivity index is 0.00000320. The number of aromatic nitrogens is 1. The number of halogens is 2. The summed E-state index contributed by atoms with van der Waals surface area (Å²) < 4.78 is 14.9. The molecule has 0 radical (unpaired) electrons. The molecule has 4 nitrogen and oxygen atoms in total. The molecule has 1 amide bonds. The Morgan fingerprint density at radius 2 is 1.83 bits per heavy atom. The molecule has 0 fully saturated rings. The Morgan fingerprint density at radius 3 is 2.50 bits per heavy atom. The Hall–Kier alpha value is -2.02. The maximum absolute atomic E-state index is 14.2. The maximum Gasteiger partial charge on any atom is 0.233 e. The minimum Gasteiger partial charge on any atom is -0.302 e. The van der Waals surface area contributed by atoms with Crippen LogP contribution in [0.1, 0.15) is 30.5 Å². The fraction of sp³-hybridized carbons (Fsp3) is 0.391. The van der Waals surface area contributed by atoms with Gasteiger partial charge in [-0.1, -0.05) is 55.0 Å². The van der Waals surface area contributed by atoms with E-state index in [0.717, 1.165) is 41.0 Å². The van der Waals surface area contributed by atoms with E-state index in [9.17, 15) is 9.18 Å². The van der Waals surface area contributed by atoms with E-state index in [2.05, 4.69) is 35.9 Å². The smallest absolute Gasteiger partial charge is 0.233 e. The van der Waals surface area contributed by atoms with Gasteiger partial charge in [0.15, 0.2) is 5.13 Å². The first-order chi connectivity index (χ1) is 13.9. The molecule has 0 bridgehead atoms. The quantitative estimate of drug-likeness (QED) is 0.462. The summed E-state index contributed by atoms with van der Waals surface area (Å²) >= 11 is 1.37. The molecule has 1 heterocycles. The number of rotatable bonds is 8. The second-order valence-corrected chi connectivity index (χ2v) is 8.27. The zero-order valence-corrected chi connectivity index (χ0v) is 19.6. The van der Waals surface area contributed by atoms with Crippen LogP contribution in [0.3, 0.4) is 0 Å². The van der Waals surface area contributed by atoms with Gasteiger partial charge in [-0.3, -0.25) is 9.69 Å². The number of nitrogens with zero attached hydrogens (tertiary/aromatic N) is 3. The van der Waals surface area contributed by atoms with E-state index in [1.807, 2.05) is 26.0 Å². The second-order valence-electron chi connectivity index (χ2n) is 7.26. The van der Waals surface area contributed by atoms with Crippen molar-refractivity contribution in [2.45, 2.75) is 34.1 Å². The molecule has 2 aromatic carbocycles. The Bertz CT molecular complexity index is 1000. The fourth-order valence-electron chi connectivity index (χ4n) is 3.38. The number of para-hydroxylation sites is 1. The average Bonchev–Trinajstić information content (AvgIpc) is 3.13. The van der Waals surface area contributed by atoms with E-state index >= 15 is 0 Å². The van der Waals surface area contributed by atoms with Gasteiger partial charge in [0.05, 0.1) is 11.1 Å². The van der Waals surface area contributed by atoms with Crippen molar-refractivity contribution in [3.05, 3.63) is 58.9 Å². The molecule has 30 heavy (non-hydrogen) atoms. The van der Waals surface area contributed by atoms with Crippen molar-refractivity contribution in [1.82, 2.24) is 9.88 Å². The van der Waals surface area contributed by atoms with Crippen LogP contribution in [0.15, 0.2) is 36.4 Å². The molecule has 7 heteroatoms. The molecular formula is C23H29ClFN3OS. The Kier molecular flexibility index (Phi) is 8.77. The van der Waals surface area contributed by atoms with Crippen LogP contribution < -0.4 is 4.90 Å². The van der Waals surface area contributed by atoms with Gasteiger partial charge in [-0.05, 0) is 50.2 Å². The van der Waals surface area contributed by atoms with Crippen LogP contribution >= 0.6 is 23.7 Å². The number of fused-ring (bicyclic) bond motifs is 1. The number of hydrogen-bond donors (Lipinski definition) is 0. The number of benzene rings is 2. The highest BCUT2D eigenvalue weighted by Gasteiger charge is 2.22. The molecule has 0 saturated carbocycles. The second kappa shape index (κ2) is 10.8. The number of carbonyl (C=O) groups excluding carboxylic acids is 1. The predicted octanol–water partition coefficient (Wildman–Crippen LogP) is 5.39. The van der Waals surface area contributed by atoms with E-state index in [0.29, 0.717) is 23.6 Å². The van der Waals surface area contributed by atoms with Gasteiger partial charge in [-0.15, -0.1) is 12.4 Å². The van der Waals surface area contributed by atoms with Gasteiger partial charge in [0.25, 0.3) is 0 Å². The number of anilines is 1. The summed E-state index contributed by atoms with van der Waals surface area (Å²) in [5.41, 5.74) is 3.59. The largest absolute Gasteiger partial charge is 0.302 e. The zero-order valence-electron chi connectivity index (χ0n) is 17.9. The van der Waals surface area contributed by atoms with Crippen LogP contribution in [-0.2, 0) is 11.2 Å². The summed E-state index contributed by atoms with van der Waals surface area (Å²) in [5.74, 6) is -0.360. The topological polar surface area (TPSA) is 36.4 Å². The highest BCUT2D eigenvalue weighted by molar-refractivity contribution is 7.22. The van der Waals surface area contributed by atoms with E-state index < -0.39 is 0 Å². The molecule has 3 aromatic rings. The lowest BCUT2D eigenvalue weighted by Crippen LogP contribution is -2.39. The van der Waals surface area contributed by atoms with Gasteiger partial charge in [-0.2, -0.15) is 0 Å². The summed E-state index contributed by atoms with van der Waals surface area (Å²) in [6.45, 7) is 11.4. The highest BCUT2D eigenvalue weighted by atomic mass is 35.5. The lowest BCUT2D eigenvalue weighted by Gasteiger charge is -2.25. The van der Waals surface area contributed by atoms with Gasteiger partial charge in [0.2, 0.25) is 5.91 Å². The van der Waals surface area contributed by atoms with Crippen LogP contribution in [0.2, 0.25) is 0 Å². The number of amides is 1. The van der Waals surface area contributed by atoms with E-state index in [1.165, 1.54) is 17.4 Å². The number of thiazole rings is 1. The summed E-state index contributed by atoms with van der Waals surface area (Å²) in [4.78, 5) is 21.8. The number of likely N-dealkylation sites (N-methyl/N-ethyl adjacent to an activating group) is 1. The van der Waals surface area contributed by atoms with Crippen LogP contribution in [0.5, 0.6) is 0 Å².